The Labute approximate surface area is 205 Å². The number of esters is 1. The number of aliphatic carboxylic acids is 1. The summed E-state index contributed by atoms with van der Waals surface area (Å²) >= 11 is 0. The highest BCUT2D eigenvalue weighted by molar-refractivity contribution is 5.69. The van der Waals surface area contributed by atoms with Crippen LogP contribution < -0.4 is 0 Å². The molecule has 1 atom stereocenters. The van der Waals surface area contributed by atoms with Crippen LogP contribution in [0, 0.1) is 0 Å². The molecular weight excluding hydrogens is 412 g/mol. The minimum Gasteiger partial charge on any atom is -0.481 e. The number of carboxylic acid groups (broad SMARTS) is 1. The molecule has 0 aliphatic rings. The first-order valence-electron chi connectivity index (χ1n) is 14.5. The van der Waals surface area contributed by atoms with Crippen molar-refractivity contribution in [3.63, 3.8) is 0 Å². The normalized spacial score (nSPS) is 12.1. The van der Waals surface area contributed by atoms with Gasteiger partial charge in [-0.3, -0.25) is 9.59 Å². The maximum atomic E-state index is 12.3. The number of hydrogen-bond acceptors (Lipinski definition) is 3. The molecule has 1 N–H and O–H groups in total. The summed E-state index contributed by atoms with van der Waals surface area (Å²) < 4.78 is 5.78. The van der Waals surface area contributed by atoms with E-state index in [1.54, 1.807) is 0 Å². The molecule has 1 unspecified atom stereocenters. The summed E-state index contributed by atoms with van der Waals surface area (Å²) in [4.78, 5) is 22.9. The molecule has 0 amide bonds. The molecule has 0 fully saturated rings. The maximum absolute atomic E-state index is 12.3. The Balaban J connectivity index is 3.68. The van der Waals surface area contributed by atoms with Gasteiger partial charge in [0, 0.05) is 12.8 Å². The van der Waals surface area contributed by atoms with E-state index in [4.69, 9.17) is 9.84 Å². The number of rotatable bonds is 26. The van der Waals surface area contributed by atoms with E-state index in [2.05, 4.69) is 13.8 Å². The molecule has 0 aromatic carbocycles. The average Bonchev–Trinajstić information content (AvgIpc) is 2.78. The predicted molar refractivity (Wildman–Crippen MR) is 140 cm³/mol. The van der Waals surface area contributed by atoms with E-state index in [1.165, 1.54) is 89.9 Å². The smallest absolute Gasteiger partial charge is 0.306 e. The van der Waals surface area contributed by atoms with Gasteiger partial charge in [-0.2, -0.15) is 0 Å². The molecule has 0 heterocycles. The molecule has 0 aromatic heterocycles. The van der Waals surface area contributed by atoms with Crippen LogP contribution in [0.1, 0.15) is 168 Å². The Kier molecular flexibility index (Phi) is 24.7. The monoisotopic (exact) mass is 468 g/mol. The Morgan fingerprint density at radius 1 is 0.545 bits per heavy atom. The SMILES string of the molecule is CCCCCCCCCCCCCCCCC(=O)OC(CCCCC)CCCCCC(=O)O. The highest BCUT2D eigenvalue weighted by atomic mass is 16.5. The van der Waals surface area contributed by atoms with E-state index in [9.17, 15) is 9.59 Å². The summed E-state index contributed by atoms with van der Waals surface area (Å²) in [6.45, 7) is 4.45. The third-order valence-electron chi connectivity index (χ3n) is 6.58. The Morgan fingerprint density at radius 3 is 1.39 bits per heavy atom. The number of ether oxygens (including phenoxy) is 1. The molecule has 0 saturated heterocycles. The van der Waals surface area contributed by atoms with E-state index >= 15 is 0 Å². The van der Waals surface area contributed by atoms with Crippen LogP contribution in [0.25, 0.3) is 0 Å². The zero-order chi connectivity index (χ0) is 24.4. The lowest BCUT2D eigenvalue weighted by molar-refractivity contribution is -0.150. The van der Waals surface area contributed by atoms with Crippen molar-refractivity contribution < 1.29 is 19.4 Å². The van der Waals surface area contributed by atoms with E-state index in [0.29, 0.717) is 12.8 Å². The number of carbonyl (C=O) groups excluding carboxylic acids is 1. The van der Waals surface area contributed by atoms with Crippen molar-refractivity contribution in [2.24, 2.45) is 0 Å². The number of carboxylic acids is 1. The van der Waals surface area contributed by atoms with Crippen molar-refractivity contribution in [3.05, 3.63) is 0 Å². The third kappa shape index (κ3) is 25.4. The Hall–Kier alpha value is -1.06. The van der Waals surface area contributed by atoms with Crippen LogP contribution in [-0.4, -0.2) is 23.1 Å². The average molecular weight is 469 g/mol. The number of carbonyl (C=O) groups is 2. The van der Waals surface area contributed by atoms with Gasteiger partial charge < -0.3 is 9.84 Å². The van der Waals surface area contributed by atoms with Gasteiger partial charge in [0.05, 0.1) is 0 Å². The van der Waals surface area contributed by atoms with Crippen LogP contribution in [-0.2, 0) is 14.3 Å². The second-order valence-corrected chi connectivity index (χ2v) is 9.95. The molecule has 0 bridgehead atoms. The van der Waals surface area contributed by atoms with Crippen LogP contribution in [0.2, 0.25) is 0 Å². The molecule has 0 aliphatic carbocycles. The second-order valence-electron chi connectivity index (χ2n) is 9.95. The second kappa shape index (κ2) is 25.6. The summed E-state index contributed by atoms with van der Waals surface area (Å²) in [5.41, 5.74) is 0. The molecule has 0 saturated carbocycles. The molecule has 0 spiro atoms. The lowest BCUT2D eigenvalue weighted by Gasteiger charge is -2.18. The fourth-order valence-electron chi connectivity index (χ4n) is 4.42. The first-order chi connectivity index (χ1) is 16.1. The van der Waals surface area contributed by atoms with Crippen LogP contribution >= 0.6 is 0 Å². The standard InChI is InChI=1S/C29H56O4/c1-3-5-7-8-9-10-11-12-13-14-15-16-17-22-26-29(32)33-27(23-19-6-4-2)24-20-18-21-25-28(30)31/h27H,3-26H2,1-2H3,(H,30,31). The summed E-state index contributed by atoms with van der Waals surface area (Å²) in [5, 5.41) is 8.74. The zero-order valence-electron chi connectivity index (χ0n) is 22.2. The summed E-state index contributed by atoms with van der Waals surface area (Å²) in [5.74, 6) is -0.768. The van der Waals surface area contributed by atoms with Gasteiger partial charge in [-0.1, -0.05) is 117 Å². The highest BCUT2D eigenvalue weighted by Gasteiger charge is 2.14. The van der Waals surface area contributed by atoms with Gasteiger partial charge in [0.15, 0.2) is 0 Å². The molecular formula is C29H56O4. The minimum atomic E-state index is -0.728. The van der Waals surface area contributed by atoms with Crippen molar-refractivity contribution in [1.29, 1.82) is 0 Å². The van der Waals surface area contributed by atoms with Crippen molar-refractivity contribution in [3.8, 4) is 0 Å². The van der Waals surface area contributed by atoms with Crippen LogP contribution in [0.4, 0.5) is 0 Å². The molecule has 0 aliphatic heterocycles. The molecule has 33 heavy (non-hydrogen) atoms. The fraction of sp³-hybridized carbons (Fsp3) is 0.931. The molecule has 0 radical (unpaired) electrons. The van der Waals surface area contributed by atoms with Gasteiger partial charge >= 0.3 is 11.9 Å². The summed E-state index contributed by atoms with van der Waals surface area (Å²) in [6.07, 6.45) is 27.1. The Bertz CT molecular complexity index is 435. The minimum absolute atomic E-state index is 0.0144. The number of unbranched alkanes of at least 4 members (excludes halogenated alkanes) is 17. The topological polar surface area (TPSA) is 63.6 Å². The van der Waals surface area contributed by atoms with Gasteiger partial charge in [0.25, 0.3) is 0 Å². The first kappa shape index (κ1) is 31.9. The Morgan fingerprint density at radius 2 is 0.909 bits per heavy atom. The predicted octanol–water partition coefficient (Wildman–Crippen LogP) is 9.39. The van der Waals surface area contributed by atoms with Crippen molar-refractivity contribution in [1.82, 2.24) is 0 Å². The highest BCUT2D eigenvalue weighted by Crippen LogP contribution is 2.17. The van der Waals surface area contributed by atoms with E-state index < -0.39 is 5.97 Å². The van der Waals surface area contributed by atoms with Crippen LogP contribution in [0.5, 0.6) is 0 Å². The van der Waals surface area contributed by atoms with Crippen molar-refractivity contribution in [2.75, 3.05) is 0 Å². The largest absolute Gasteiger partial charge is 0.481 e. The van der Waals surface area contributed by atoms with Crippen molar-refractivity contribution >= 4 is 11.9 Å². The third-order valence-corrected chi connectivity index (χ3v) is 6.58. The van der Waals surface area contributed by atoms with Gasteiger partial charge in [-0.05, 0) is 38.5 Å². The molecule has 4 heteroatoms. The van der Waals surface area contributed by atoms with Gasteiger partial charge in [-0.25, -0.2) is 0 Å². The van der Waals surface area contributed by atoms with E-state index in [1.807, 2.05) is 0 Å². The van der Waals surface area contributed by atoms with Crippen LogP contribution in [0.15, 0.2) is 0 Å². The maximum Gasteiger partial charge on any atom is 0.306 e. The number of hydrogen-bond donors (Lipinski definition) is 1. The summed E-state index contributed by atoms with van der Waals surface area (Å²) in [7, 11) is 0. The fourth-order valence-corrected chi connectivity index (χ4v) is 4.42. The van der Waals surface area contributed by atoms with E-state index in [0.717, 1.165) is 44.9 Å². The zero-order valence-corrected chi connectivity index (χ0v) is 22.2. The molecule has 0 aromatic rings. The quantitative estimate of drug-likeness (QED) is 0.101. The van der Waals surface area contributed by atoms with Crippen LogP contribution in [0.3, 0.4) is 0 Å². The molecule has 196 valence electrons. The van der Waals surface area contributed by atoms with Crippen molar-refractivity contribution in [2.45, 2.75) is 174 Å². The van der Waals surface area contributed by atoms with Gasteiger partial charge in [0.1, 0.15) is 6.10 Å². The lowest BCUT2D eigenvalue weighted by atomic mass is 10.0. The molecule has 4 nitrogen and oxygen atoms in total. The molecule has 0 rings (SSSR count). The lowest BCUT2D eigenvalue weighted by Crippen LogP contribution is -2.18. The first-order valence-corrected chi connectivity index (χ1v) is 14.5. The van der Waals surface area contributed by atoms with E-state index in [-0.39, 0.29) is 18.5 Å². The summed E-state index contributed by atoms with van der Waals surface area (Å²) in [6, 6.07) is 0. The van der Waals surface area contributed by atoms with Gasteiger partial charge in [0.2, 0.25) is 0 Å². The van der Waals surface area contributed by atoms with Gasteiger partial charge in [-0.15, -0.1) is 0 Å².